The third kappa shape index (κ3) is 42.3. The maximum Gasteiger partial charge on any atom is 0.306 e. The van der Waals surface area contributed by atoms with Gasteiger partial charge in [0.1, 0.15) is 13.2 Å². The average Bonchev–Trinajstić information content (AvgIpc) is 3.19. The van der Waals surface area contributed by atoms with Crippen LogP contribution in [0.1, 0.15) is 220 Å². The van der Waals surface area contributed by atoms with E-state index < -0.39 is 6.10 Å². The Morgan fingerprint density at radius 2 is 0.714 bits per heavy atom. The molecule has 322 valence electrons. The molecule has 1 unspecified atom stereocenters. The quantitative estimate of drug-likeness (QED) is 0.0266. The predicted octanol–water partition coefficient (Wildman–Crippen LogP) is 14.9. The van der Waals surface area contributed by atoms with E-state index in [0.29, 0.717) is 25.7 Å². The topological polar surface area (TPSA) is 78.9 Å². The zero-order valence-electron chi connectivity index (χ0n) is 36.6. The molecule has 0 spiro atoms. The molecule has 0 aromatic carbocycles. The van der Waals surface area contributed by atoms with Crippen LogP contribution in [0.4, 0.5) is 0 Å². The van der Waals surface area contributed by atoms with E-state index in [4.69, 9.17) is 14.2 Å². The first kappa shape index (κ1) is 53.1. The maximum atomic E-state index is 12.7. The highest BCUT2D eigenvalue weighted by Crippen LogP contribution is 2.13. The standard InChI is InChI=1S/C50H86O6/c1-4-7-10-13-16-19-21-23-24-25-26-27-29-31-34-37-40-43-49(52)55-46-47(45-54-48(51)42-39-36-33-30-18-15-12-9-6-3)56-50(53)44-41-38-35-32-28-22-20-17-14-11-8-5-2/h8,11,17,20,23-24,28,30,32-33,47H,4-7,9-10,12-16,18-19,21-22,25-27,29,31,34-46H2,1-3H3/b11-8-,20-17-,24-23-,32-28-,33-30-. The third-order valence-corrected chi connectivity index (χ3v) is 9.73. The molecule has 6 heteroatoms. The van der Waals surface area contributed by atoms with Crippen molar-refractivity contribution in [3.8, 4) is 0 Å². The molecular weight excluding hydrogens is 697 g/mol. The minimum atomic E-state index is -0.803. The minimum absolute atomic E-state index is 0.101. The van der Waals surface area contributed by atoms with E-state index in [2.05, 4.69) is 81.5 Å². The van der Waals surface area contributed by atoms with Gasteiger partial charge < -0.3 is 14.2 Å². The molecule has 0 aromatic rings. The van der Waals surface area contributed by atoms with Gasteiger partial charge in [0, 0.05) is 19.3 Å². The molecule has 0 saturated heterocycles. The molecule has 0 radical (unpaired) electrons. The van der Waals surface area contributed by atoms with Crippen molar-refractivity contribution < 1.29 is 28.6 Å². The Morgan fingerprint density at radius 1 is 0.375 bits per heavy atom. The summed E-state index contributed by atoms with van der Waals surface area (Å²) in [5.41, 5.74) is 0. The van der Waals surface area contributed by atoms with Crippen molar-refractivity contribution in [2.24, 2.45) is 0 Å². The van der Waals surface area contributed by atoms with E-state index in [-0.39, 0.29) is 37.5 Å². The van der Waals surface area contributed by atoms with Crippen LogP contribution in [-0.2, 0) is 28.6 Å². The first-order chi connectivity index (χ1) is 27.5. The van der Waals surface area contributed by atoms with Crippen molar-refractivity contribution in [2.45, 2.75) is 226 Å². The van der Waals surface area contributed by atoms with Gasteiger partial charge in [-0.1, -0.05) is 165 Å². The second-order valence-corrected chi connectivity index (χ2v) is 15.3. The van der Waals surface area contributed by atoms with Gasteiger partial charge in [-0.15, -0.1) is 0 Å². The number of carbonyl (C=O) groups is 3. The summed E-state index contributed by atoms with van der Waals surface area (Å²) >= 11 is 0. The van der Waals surface area contributed by atoms with Crippen LogP contribution in [0, 0.1) is 0 Å². The highest BCUT2D eigenvalue weighted by atomic mass is 16.6. The molecule has 0 saturated carbocycles. The zero-order valence-corrected chi connectivity index (χ0v) is 36.6. The smallest absolute Gasteiger partial charge is 0.306 e. The summed E-state index contributed by atoms with van der Waals surface area (Å²) < 4.78 is 16.6. The van der Waals surface area contributed by atoms with E-state index in [1.54, 1.807) is 0 Å². The SMILES string of the molecule is CC/C=C\C/C=C\C/C=C\CCCCC(=O)OC(COC(=O)CCC/C=C\CCCCCC)COC(=O)CCCCCCCCC/C=C\CCCCCCCC. The van der Waals surface area contributed by atoms with E-state index in [9.17, 15) is 14.4 Å². The maximum absolute atomic E-state index is 12.7. The Labute approximate surface area is 345 Å². The van der Waals surface area contributed by atoms with Gasteiger partial charge in [-0.05, 0) is 96.3 Å². The first-order valence-corrected chi connectivity index (χ1v) is 23.3. The van der Waals surface area contributed by atoms with Gasteiger partial charge in [-0.3, -0.25) is 14.4 Å². The molecule has 0 N–H and O–H groups in total. The fraction of sp³-hybridized carbons (Fsp3) is 0.740. The fourth-order valence-corrected chi connectivity index (χ4v) is 6.22. The van der Waals surface area contributed by atoms with Crippen LogP contribution in [-0.4, -0.2) is 37.2 Å². The normalized spacial score (nSPS) is 12.6. The Balaban J connectivity index is 4.39. The van der Waals surface area contributed by atoms with Gasteiger partial charge in [0.05, 0.1) is 0 Å². The Hall–Kier alpha value is -2.89. The van der Waals surface area contributed by atoms with Crippen LogP contribution in [0.2, 0.25) is 0 Å². The van der Waals surface area contributed by atoms with Gasteiger partial charge in [0.15, 0.2) is 6.10 Å². The van der Waals surface area contributed by atoms with Crippen LogP contribution in [0.25, 0.3) is 0 Å². The Bertz CT molecular complexity index is 1040. The first-order valence-electron chi connectivity index (χ1n) is 23.3. The van der Waals surface area contributed by atoms with E-state index >= 15 is 0 Å². The molecule has 1 atom stereocenters. The summed E-state index contributed by atoms with van der Waals surface area (Å²) in [6, 6.07) is 0. The lowest BCUT2D eigenvalue weighted by Gasteiger charge is -2.18. The van der Waals surface area contributed by atoms with Crippen molar-refractivity contribution in [1.82, 2.24) is 0 Å². The summed E-state index contributed by atoms with van der Waals surface area (Å²) in [5.74, 6) is -0.985. The molecule has 56 heavy (non-hydrogen) atoms. The van der Waals surface area contributed by atoms with Gasteiger partial charge in [0.25, 0.3) is 0 Å². The molecule has 0 aromatic heterocycles. The molecular formula is C50H86O6. The molecule has 0 aliphatic heterocycles. The van der Waals surface area contributed by atoms with Crippen molar-refractivity contribution in [2.75, 3.05) is 13.2 Å². The lowest BCUT2D eigenvalue weighted by Crippen LogP contribution is -2.30. The Kier molecular flexibility index (Phi) is 42.5. The number of ether oxygens (including phenoxy) is 3. The molecule has 0 fully saturated rings. The van der Waals surface area contributed by atoms with Crippen LogP contribution in [0.15, 0.2) is 60.8 Å². The molecule has 0 aliphatic carbocycles. The molecule has 0 heterocycles. The Morgan fingerprint density at radius 3 is 1.23 bits per heavy atom. The van der Waals surface area contributed by atoms with Crippen LogP contribution in [0.5, 0.6) is 0 Å². The zero-order chi connectivity index (χ0) is 40.8. The number of esters is 3. The number of rotatable bonds is 41. The number of hydrogen-bond donors (Lipinski definition) is 0. The van der Waals surface area contributed by atoms with Crippen LogP contribution in [0.3, 0.4) is 0 Å². The van der Waals surface area contributed by atoms with Crippen molar-refractivity contribution in [3.63, 3.8) is 0 Å². The monoisotopic (exact) mass is 783 g/mol. The molecule has 6 nitrogen and oxygen atoms in total. The lowest BCUT2D eigenvalue weighted by molar-refractivity contribution is -0.167. The molecule has 0 rings (SSSR count). The highest BCUT2D eigenvalue weighted by molar-refractivity contribution is 5.71. The number of hydrogen-bond acceptors (Lipinski definition) is 6. The van der Waals surface area contributed by atoms with Crippen molar-refractivity contribution in [1.29, 1.82) is 0 Å². The van der Waals surface area contributed by atoms with Crippen LogP contribution < -0.4 is 0 Å². The summed E-state index contributed by atoms with van der Waals surface area (Å²) in [7, 11) is 0. The third-order valence-electron chi connectivity index (χ3n) is 9.73. The average molecular weight is 783 g/mol. The van der Waals surface area contributed by atoms with Crippen molar-refractivity contribution >= 4 is 17.9 Å². The molecule has 0 bridgehead atoms. The lowest BCUT2D eigenvalue weighted by atomic mass is 10.1. The van der Waals surface area contributed by atoms with Gasteiger partial charge in [0.2, 0.25) is 0 Å². The molecule has 0 aliphatic rings. The fourth-order valence-electron chi connectivity index (χ4n) is 6.22. The largest absolute Gasteiger partial charge is 0.462 e. The summed E-state index contributed by atoms with van der Waals surface area (Å²) in [6.45, 7) is 6.41. The van der Waals surface area contributed by atoms with Gasteiger partial charge >= 0.3 is 17.9 Å². The second-order valence-electron chi connectivity index (χ2n) is 15.3. The van der Waals surface area contributed by atoms with Crippen LogP contribution >= 0.6 is 0 Å². The summed E-state index contributed by atoms with van der Waals surface area (Å²) in [6.07, 6.45) is 53.6. The second kappa shape index (κ2) is 44.8. The number of allylic oxidation sites excluding steroid dienone is 10. The van der Waals surface area contributed by atoms with Gasteiger partial charge in [-0.25, -0.2) is 0 Å². The van der Waals surface area contributed by atoms with Gasteiger partial charge in [-0.2, -0.15) is 0 Å². The van der Waals surface area contributed by atoms with E-state index in [1.165, 1.54) is 103 Å². The summed E-state index contributed by atoms with van der Waals surface area (Å²) in [4.78, 5) is 37.7. The summed E-state index contributed by atoms with van der Waals surface area (Å²) in [5, 5.41) is 0. The highest BCUT2D eigenvalue weighted by Gasteiger charge is 2.19. The number of carbonyl (C=O) groups excluding carboxylic acids is 3. The van der Waals surface area contributed by atoms with E-state index in [1.807, 2.05) is 0 Å². The van der Waals surface area contributed by atoms with E-state index in [0.717, 1.165) is 64.2 Å². The minimum Gasteiger partial charge on any atom is -0.462 e. The predicted molar refractivity (Wildman–Crippen MR) is 238 cm³/mol. The number of unbranched alkanes of at least 4 members (excludes halogenated alkanes) is 20. The molecule has 0 amide bonds. The van der Waals surface area contributed by atoms with Crippen molar-refractivity contribution in [3.05, 3.63) is 60.8 Å².